The second kappa shape index (κ2) is 14.8. The first kappa shape index (κ1) is 34.3. The number of imide groups is 1. The molecule has 1 atom stereocenters. The zero-order valence-electron chi connectivity index (χ0n) is 25.0. The summed E-state index contributed by atoms with van der Waals surface area (Å²) in [6, 6.07) is 26.7. The Labute approximate surface area is 287 Å². The minimum Gasteiger partial charge on any atom is -0.486 e. The average Bonchev–Trinajstić information content (AvgIpc) is 3.53. The molecule has 1 saturated heterocycles. The molecule has 2 amide bonds. The number of ether oxygens (including phenoxy) is 2. The van der Waals surface area contributed by atoms with E-state index in [-0.39, 0.29) is 41.6 Å². The molecular weight excluding hydrogens is 683 g/mol. The van der Waals surface area contributed by atoms with Crippen molar-refractivity contribution >= 4 is 68.0 Å². The van der Waals surface area contributed by atoms with E-state index in [9.17, 15) is 18.0 Å². The molecule has 2 N–H and O–H groups in total. The number of amides is 2. The molecule has 47 heavy (non-hydrogen) atoms. The van der Waals surface area contributed by atoms with Crippen molar-refractivity contribution in [2.24, 2.45) is 7.05 Å². The molecule has 14 heteroatoms. The summed E-state index contributed by atoms with van der Waals surface area (Å²) in [6.45, 7) is 0.510. The first-order valence-corrected chi connectivity index (χ1v) is 17.1. The van der Waals surface area contributed by atoms with Crippen molar-refractivity contribution in [1.82, 2.24) is 19.6 Å². The fraction of sp³-hybridized carbons (Fsp3) is 0.182. The molecule has 0 aliphatic carbocycles. The lowest BCUT2D eigenvalue weighted by atomic mass is 10.1. The zero-order chi connectivity index (χ0) is 32.3. The van der Waals surface area contributed by atoms with Crippen LogP contribution in [0.1, 0.15) is 17.0 Å². The summed E-state index contributed by atoms with van der Waals surface area (Å²) in [7, 11) is -1.69. The first-order chi connectivity index (χ1) is 22.1. The van der Waals surface area contributed by atoms with Gasteiger partial charge in [0.1, 0.15) is 29.7 Å². The summed E-state index contributed by atoms with van der Waals surface area (Å²) in [4.78, 5) is 28.1. The molecular formula is C33H30Cl2N4O6S2. The summed E-state index contributed by atoms with van der Waals surface area (Å²) in [6.07, 6.45) is 0.987. The van der Waals surface area contributed by atoms with E-state index in [1.54, 1.807) is 12.1 Å². The molecule has 244 valence electrons. The zero-order valence-corrected chi connectivity index (χ0v) is 28.2. The smallest absolute Gasteiger partial charge is 0.286 e. The topological polar surface area (TPSA) is 129 Å². The second-order valence-corrected chi connectivity index (χ2v) is 14.0. The van der Waals surface area contributed by atoms with Crippen LogP contribution in [0.4, 0.5) is 4.79 Å². The number of nitrogens with zero attached hydrogens (tertiary/aromatic N) is 2. The third-order valence-corrected chi connectivity index (χ3v) is 10.1. The Morgan fingerprint density at radius 3 is 2.26 bits per heavy atom. The number of rotatable bonds is 12. The van der Waals surface area contributed by atoms with Gasteiger partial charge in [-0.25, -0.2) is 18.1 Å². The van der Waals surface area contributed by atoms with Gasteiger partial charge in [-0.05, 0) is 84.6 Å². The number of hydrogen-bond acceptors (Lipinski definition) is 8. The quantitative estimate of drug-likeness (QED) is 0.151. The van der Waals surface area contributed by atoms with Gasteiger partial charge in [0.25, 0.3) is 5.24 Å². The Balaban J connectivity index is 0.00000433. The van der Waals surface area contributed by atoms with Crippen molar-refractivity contribution < 1.29 is 27.5 Å². The summed E-state index contributed by atoms with van der Waals surface area (Å²) in [5.41, 5.74) is 3.60. The van der Waals surface area contributed by atoms with Gasteiger partial charge in [0.05, 0.1) is 21.2 Å². The lowest BCUT2D eigenvalue weighted by Crippen LogP contribution is -2.25. The molecule has 4 aromatic carbocycles. The fourth-order valence-corrected chi connectivity index (χ4v) is 6.93. The molecule has 1 unspecified atom stereocenters. The lowest BCUT2D eigenvalue weighted by Gasteiger charge is -2.09. The number of thioether (sulfide) groups is 1. The molecule has 5 aromatic rings. The van der Waals surface area contributed by atoms with Gasteiger partial charge in [0.2, 0.25) is 15.9 Å². The van der Waals surface area contributed by atoms with E-state index in [0.717, 1.165) is 39.7 Å². The van der Waals surface area contributed by atoms with Crippen molar-refractivity contribution in [3.8, 4) is 17.2 Å². The van der Waals surface area contributed by atoms with Gasteiger partial charge >= 0.3 is 0 Å². The van der Waals surface area contributed by atoms with E-state index in [1.165, 1.54) is 12.1 Å². The molecule has 1 aliphatic rings. The van der Waals surface area contributed by atoms with Crippen molar-refractivity contribution in [2.75, 3.05) is 6.54 Å². The van der Waals surface area contributed by atoms with Crippen molar-refractivity contribution in [3.05, 3.63) is 113 Å². The number of carbonyl (C=O) groups is 2. The molecule has 0 bridgehead atoms. The number of carbonyl (C=O) groups excluding carboxylic acids is 2. The van der Waals surface area contributed by atoms with Gasteiger partial charge in [0.15, 0.2) is 0 Å². The van der Waals surface area contributed by atoms with Crippen molar-refractivity contribution in [1.29, 1.82) is 0 Å². The normalized spacial score (nSPS) is 14.6. The number of hydrogen-bond donors (Lipinski definition) is 2. The maximum atomic E-state index is 12.5. The number of nitrogens with one attached hydrogen (secondary N) is 2. The maximum Gasteiger partial charge on any atom is 0.286 e. The Morgan fingerprint density at radius 1 is 0.915 bits per heavy atom. The molecule has 10 nitrogen and oxygen atoms in total. The van der Waals surface area contributed by atoms with Crippen LogP contribution < -0.4 is 19.5 Å². The number of fused-ring (bicyclic) bond motifs is 1. The monoisotopic (exact) mass is 712 g/mol. The van der Waals surface area contributed by atoms with Gasteiger partial charge in [-0.1, -0.05) is 47.6 Å². The van der Waals surface area contributed by atoms with Crippen LogP contribution in [0, 0.1) is 0 Å². The third-order valence-electron chi connectivity index (χ3n) is 7.41. The number of imidazole rings is 1. The Morgan fingerprint density at radius 2 is 1.57 bits per heavy atom. The van der Waals surface area contributed by atoms with Gasteiger partial charge in [-0.2, -0.15) is 0 Å². The Kier molecular flexibility index (Phi) is 10.8. The highest BCUT2D eigenvalue weighted by molar-refractivity contribution is 8.15. The van der Waals surface area contributed by atoms with Crippen LogP contribution in [-0.2, 0) is 41.3 Å². The summed E-state index contributed by atoms with van der Waals surface area (Å²) in [5.74, 6) is 2.46. The van der Waals surface area contributed by atoms with E-state index in [1.807, 2.05) is 78.3 Å². The van der Waals surface area contributed by atoms with E-state index < -0.39 is 15.3 Å². The molecule has 6 rings (SSSR count). The summed E-state index contributed by atoms with van der Waals surface area (Å²) in [5, 5.41) is 2.07. The summed E-state index contributed by atoms with van der Waals surface area (Å²) >= 11 is 6.87. The van der Waals surface area contributed by atoms with Crippen LogP contribution in [0.25, 0.3) is 11.0 Å². The molecule has 0 spiro atoms. The predicted molar refractivity (Wildman–Crippen MR) is 184 cm³/mol. The van der Waals surface area contributed by atoms with Crippen LogP contribution in [0.3, 0.4) is 0 Å². The lowest BCUT2D eigenvalue weighted by molar-refractivity contribution is -0.118. The van der Waals surface area contributed by atoms with Crippen LogP contribution >= 0.6 is 35.8 Å². The van der Waals surface area contributed by atoms with Crippen LogP contribution in [0.5, 0.6) is 17.2 Å². The molecule has 1 fully saturated rings. The first-order valence-electron chi connectivity index (χ1n) is 14.3. The van der Waals surface area contributed by atoms with Crippen LogP contribution in [0.15, 0.2) is 95.9 Å². The second-order valence-electron chi connectivity index (χ2n) is 10.6. The summed E-state index contributed by atoms with van der Waals surface area (Å²) < 4.78 is 41.6. The number of aryl methyl sites for hydroxylation is 1. The van der Waals surface area contributed by atoms with Crippen LogP contribution in [-0.4, -0.2) is 40.9 Å². The minimum absolute atomic E-state index is 0. The number of halogens is 2. The highest BCUT2D eigenvalue weighted by atomic mass is 35.5. The van der Waals surface area contributed by atoms with E-state index in [2.05, 4.69) is 10.0 Å². The fourth-order valence-electron chi connectivity index (χ4n) is 4.91. The van der Waals surface area contributed by atoms with Crippen LogP contribution in [0.2, 0.25) is 5.02 Å². The largest absolute Gasteiger partial charge is 0.486 e. The highest BCUT2D eigenvalue weighted by Crippen LogP contribution is 2.28. The van der Waals surface area contributed by atoms with E-state index in [4.69, 9.17) is 26.1 Å². The van der Waals surface area contributed by atoms with Gasteiger partial charge in [0, 0.05) is 24.7 Å². The Bertz CT molecular complexity index is 2000. The molecule has 2 heterocycles. The molecule has 0 radical (unpaired) electrons. The van der Waals surface area contributed by atoms with Gasteiger partial charge < -0.3 is 14.0 Å². The van der Waals surface area contributed by atoms with Gasteiger partial charge in [-0.15, -0.1) is 12.4 Å². The SMILES string of the molecule is Cl.Cn1c(COc2ccc(CC3SC(=O)NC3=O)cc2)nc2ccc(Oc3ccc(CCNS(=O)(=O)c4ccc(Cl)cc4)cc3)cc21. The number of aromatic nitrogens is 2. The van der Waals surface area contributed by atoms with Crippen molar-refractivity contribution in [3.63, 3.8) is 0 Å². The minimum atomic E-state index is -3.61. The third kappa shape index (κ3) is 8.45. The Hall–Kier alpha value is -4.07. The van der Waals surface area contributed by atoms with E-state index in [0.29, 0.717) is 35.1 Å². The van der Waals surface area contributed by atoms with Crippen molar-refractivity contribution in [2.45, 2.75) is 29.6 Å². The van der Waals surface area contributed by atoms with E-state index >= 15 is 0 Å². The highest BCUT2D eigenvalue weighted by Gasteiger charge is 2.31. The standard InChI is InChI=1S/C33H29ClN4O6S2.ClH/c1-38-29-19-26(44-25-10-2-21(3-11-25)16-17-35-46(41,42)27-13-6-23(34)7-14-27)12-15-28(29)36-31(38)20-43-24-8-4-22(5-9-24)18-30-32(39)37-33(40)45-30;/h2-15,19,30,35H,16-18,20H2,1H3,(H,37,39,40);1H. The maximum absolute atomic E-state index is 12.5. The molecule has 1 aliphatic heterocycles. The molecule has 1 aromatic heterocycles. The molecule has 0 saturated carbocycles. The number of benzene rings is 4. The van der Waals surface area contributed by atoms with Gasteiger partial charge in [-0.3, -0.25) is 14.9 Å². The number of sulfonamides is 1. The predicted octanol–water partition coefficient (Wildman–Crippen LogP) is 6.43. The average molecular weight is 714 g/mol.